The SMILES string of the molecule is O=C(O)C(=Cc1ccc(Oc2ccccc2Br)cc1)NC(=O)c1cccs1. The first kappa shape index (κ1) is 18.9. The number of rotatable bonds is 6. The molecule has 0 unspecified atom stereocenters. The number of hydrogen-bond acceptors (Lipinski definition) is 4. The van der Waals surface area contributed by atoms with Gasteiger partial charge in [0.2, 0.25) is 0 Å². The molecule has 0 spiro atoms. The highest BCUT2D eigenvalue weighted by atomic mass is 79.9. The molecule has 1 amide bonds. The van der Waals surface area contributed by atoms with Crippen molar-refractivity contribution >= 4 is 45.2 Å². The van der Waals surface area contributed by atoms with Gasteiger partial charge in [-0.15, -0.1) is 11.3 Å². The molecule has 5 nitrogen and oxygen atoms in total. The number of ether oxygens (including phenoxy) is 1. The number of hydrogen-bond donors (Lipinski definition) is 2. The average molecular weight is 444 g/mol. The van der Waals surface area contributed by atoms with E-state index in [-0.39, 0.29) is 5.70 Å². The number of halogens is 1. The fraction of sp³-hybridized carbons (Fsp3) is 0. The Bertz CT molecular complexity index is 981. The molecule has 0 saturated carbocycles. The molecule has 0 saturated heterocycles. The van der Waals surface area contributed by atoms with E-state index in [1.807, 2.05) is 24.3 Å². The van der Waals surface area contributed by atoms with Crippen molar-refractivity contribution in [2.75, 3.05) is 0 Å². The molecule has 0 aliphatic carbocycles. The summed E-state index contributed by atoms with van der Waals surface area (Å²) in [6.07, 6.45) is 1.40. The number of aliphatic carboxylic acids is 1. The molecule has 7 heteroatoms. The topological polar surface area (TPSA) is 75.6 Å². The summed E-state index contributed by atoms with van der Waals surface area (Å²) in [5.41, 5.74) is 0.422. The minimum Gasteiger partial charge on any atom is -0.477 e. The van der Waals surface area contributed by atoms with Gasteiger partial charge in [-0.05, 0) is 63.3 Å². The van der Waals surface area contributed by atoms with Gasteiger partial charge in [0.05, 0.1) is 9.35 Å². The van der Waals surface area contributed by atoms with Crippen LogP contribution in [0.25, 0.3) is 6.08 Å². The van der Waals surface area contributed by atoms with Crippen LogP contribution in [0.5, 0.6) is 11.5 Å². The summed E-state index contributed by atoms with van der Waals surface area (Å²) in [5.74, 6) is -0.380. The van der Waals surface area contributed by atoms with E-state index >= 15 is 0 Å². The second kappa shape index (κ2) is 8.66. The van der Waals surface area contributed by atoms with Crippen LogP contribution in [0.15, 0.2) is 76.2 Å². The first-order chi connectivity index (χ1) is 13.0. The van der Waals surface area contributed by atoms with Crippen molar-refractivity contribution in [1.29, 1.82) is 0 Å². The van der Waals surface area contributed by atoms with Crippen LogP contribution in [0.3, 0.4) is 0 Å². The Morgan fingerprint density at radius 3 is 2.41 bits per heavy atom. The van der Waals surface area contributed by atoms with E-state index in [1.54, 1.807) is 41.8 Å². The minimum absolute atomic E-state index is 0.201. The lowest BCUT2D eigenvalue weighted by atomic mass is 10.2. The third-order valence-corrected chi connectivity index (χ3v) is 5.00. The largest absolute Gasteiger partial charge is 0.477 e. The third kappa shape index (κ3) is 5.06. The predicted molar refractivity (Wildman–Crippen MR) is 108 cm³/mol. The number of carbonyl (C=O) groups is 2. The zero-order valence-electron chi connectivity index (χ0n) is 13.9. The molecule has 2 N–H and O–H groups in total. The van der Waals surface area contributed by atoms with Gasteiger partial charge in [-0.25, -0.2) is 4.79 Å². The van der Waals surface area contributed by atoms with Crippen LogP contribution in [0.2, 0.25) is 0 Å². The number of benzene rings is 2. The molecule has 0 bridgehead atoms. The number of thiophene rings is 1. The van der Waals surface area contributed by atoms with Crippen LogP contribution in [-0.4, -0.2) is 17.0 Å². The van der Waals surface area contributed by atoms with Gasteiger partial charge in [-0.2, -0.15) is 0 Å². The number of carboxylic acids is 1. The summed E-state index contributed by atoms with van der Waals surface area (Å²) in [6.45, 7) is 0. The van der Waals surface area contributed by atoms with E-state index in [0.29, 0.717) is 21.9 Å². The lowest BCUT2D eigenvalue weighted by Gasteiger charge is -2.08. The molecular weight excluding hydrogens is 430 g/mol. The molecule has 0 aliphatic heterocycles. The highest BCUT2D eigenvalue weighted by molar-refractivity contribution is 9.10. The number of para-hydroxylation sites is 1. The molecule has 1 aromatic heterocycles. The van der Waals surface area contributed by atoms with E-state index in [0.717, 1.165) is 4.47 Å². The van der Waals surface area contributed by atoms with Crippen LogP contribution >= 0.6 is 27.3 Å². The predicted octanol–water partition coefficient (Wildman–Crippen LogP) is 5.16. The van der Waals surface area contributed by atoms with Gasteiger partial charge in [0.1, 0.15) is 17.2 Å². The highest BCUT2D eigenvalue weighted by Gasteiger charge is 2.14. The van der Waals surface area contributed by atoms with Crippen molar-refractivity contribution in [1.82, 2.24) is 5.32 Å². The van der Waals surface area contributed by atoms with Gasteiger partial charge in [0, 0.05) is 0 Å². The standard InChI is InChI=1S/C20H14BrNO4S/c21-15-4-1-2-5-17(15)26-14-9-7-13(8-10-14)12-16(20(24)25)22-19(23)18-6-3-11-27-18/h1-12H,(H,22,23)(H,24,25). The van der Waals surface area contributed by atoms with Crippen LogP contribution in [0.4, 0.5) is 0 Å². The van der Waals surface area contributed by atoms with Crippen molar-refractivity contribution < 1.29 is 19.4 Å². The maximum Gasteiger partial charge on any atom is 0.352 e. The zero-order chi connectivity index (χ0) is 19.2. The Morgan fingerprint density at radius 1 is 1.04 bits per heavy atom. The molecule has 136 valence electrons. The molecular formula is C20H14BrNO4S. The monoisotopic (exact) mass is 443 g/mol. The number of nitrogens with one attached hydrogen (secondary N) is 1. The van der Waals surface area contributed by atoms with Crippen molar-refractivity contribution in [3.8, 4) is 11.5 Å². The highest BCUT2D eigenvalue weighted by Crippen LogP contribution is 2.29. The van der Waals surface area contributed by atoms with Crippen LogP contribution in [-0.2, 0) is 4.79 Å². The molecule has 27 heavy (non-hydrogen) atoms. The Morgan fingerprint density at radius 2 is 1.78 bits per heavy atom. The zero-order valence-corrected chi connectivity index (χ0v) is 16.3. The van der Waals surface area contributed by atoms with Crippen molar-refractivity contribution in [3.63, 3.8) is 0 Å². The Hall–Kier alpha value is -2.90. The van der Waals surface area contributed by atoms with Crippen LogP contribution in [0.1, 0.15) is 15.2 Å². The quantitative estimate of drug-likeness (QED) is 0.515. The van der Waals surface area contributed by atoms with Gasteiger partial charge < -0.3 is 15.2 Å². The van der Waals surface area contributed by atoms with Gasteiger partial charge in [0.15, 0.2) is 0 Å². The van der Waals surface area contributed by atoms with Gasteiger partial charge in [-0.3, -0.25) is 4.79 Å². The molecule has 0 fully saturated rings. The van der Waals surface area contributed by atoms with E-state index in [2.05, 4.69) is 21.2 Å². The Kier molecular flexibility index (Phi) is 6.05. The fourth-order valence-corrected chi connectivity index (χ4v) is 3.18. The van der Waals surface area contributed by atoms with Crippen LogP contribution in [0, 0.1) is 0 Å². The fourth-order valence-electron chi connectivity index (χ4n) is 2.20. The van der Waals surface area contributed by atoms with Crippen molar-refractivity contribution in [2.24, 2.45) is 0 Å². The Labute approximate surface area is 168 Å². The number of carboxylic acid groups (broad SMARTS) is 1. The second-order valence-electron chi connectivity index (χ2n) is 5.40. The normalized spacial score (nSPS) is 11.1. The average Bonchev–Trinajstić information content (AvgIpc) is 3.19. The van der Waals surface area contributed by atoms with E-state index < -0.39 is 11.9 Å². The van der Waals surface area contributed by atoms with Gasteiger partial charge in [-0.1, -0.05) is 30.3 Å². The minimum atomic E-state index is -1.21. The summed E-state index contributed by atoms with van der Waals surface area (Å²) in [4.78, 5) is 24.0. The van der Waals surface area contributed by atoms with Gasteiger partial charge >= 0.3 is 5.97 Å². The molecule has 0 aliphatic rings. The summed E-state index contributed by atoms with van der Waals surface area (Å²) in [6, 6.07) is 17.7. The molecule has 3 aromatic rings. The van der Waals surface area contributed by atoms with E-state index in [1.165, 1.54) is 17.4 Å². The third-order valence-electron chi connectivity index (χ3n) is 3.48. The summed E-state index contributed by atoms with van der Waals surface area (Å²) >= 11 is 4.66. The van der Waals surface area contributed by atoms with E-state index in [4.69, 9.17) is 4.74 Å². The van der Waals surface area contributed by atoms with Crippen LogP contribution < -0.4 is 10.1 Å². The van der Waals surface area contributed by atoms with Gasteiger partial charge in [0.25, 0.3) is 5.91 Å². The molecule has 0 atom stereocenters. The number of amides is 1. The van der Waals surface area contributed by atoms with Crippen molar-refractivity contribution in [3.05, 3.63) is 86.7 Å². The lowest BCUT2D eigenvalue weighted by Crippen LogP contribution is -2.26. The van der Waals surface area contributed by atoms with E-state index in [9.17, 15) is 14.7 Å². The summed E-state index contributed by atoms with van der Waals surface area (Å²) < 4.78 is 6.61. The lowest BCUT2D eigenvalue weighted by molar-refractivity contribution is -0.132. The maximum absolute atomic E-state index is 12.1. The number of carbonyl (C=O) groups excluding carboxylic acids is 1. The first-order valence-electron chi connectivity index (χ1n) is 7.85. The smallest absolute Gasteiger partial charge is 0.352 e. The second-order valence-corrected chi connectivity index (χ2v) is 7.20. The molecule has 3 rings (SSSR count). The molecule has 2 aromatic carbocycles. The Balaban J connectivity index is 1.75. The van der Waals surface area contributed by atoms with Crippen molar-refractivity contribution in [2.45, 2.75) is 0 Å². The summed E-state index contributed by atoms with van der Waals surface area (Å²) in [5, 5.41) is 13.5. The summed E-state index contributed by atoms with van der Waals surface area (Å²) in [7, 11) is 0. The molecule has 0 radical (unpaired) electrons. The maximum atomic E-state index is 12.1. The molecule has 1 heterocycles. The first-order valence-corrected chi connectivity index (χ1v) is 9.52.